The van der Waals surface area contributed by atoms with Gasteiger partial charge in [-0.25, -0.2) is 4.39 Å². The van der Waals surface area contributed by atoms with Crippen LogP contribution in [0.3, 0.4) is 0 Å². The number of nitrogens with zero attached hydrogens (tertiary/aromatic N) is 1. The summed E-state index contributed by atoms with van der Waals surface area (Å²) in [6.07, 6.45) is 4.49. The van der Waals surface area contributed by atoms with Gasteiger partial charge in [-0.15, -0.1) is 0 Å². The molecule has 2 fully saturated rings. The molecule has 3 nitrogen and oxygen atoms in total. The number of halogens is 1. The van der Waals surface area contributed by atoms with E-state index in [1.54, 1.807) is 12.1 Å². The van der Waals surface area contributed by atoms with E-state index < -0.39 is 0 Å². The first-order valence-corrected chi connectivity index (χ1v) is 8.90. The Balaban J connectivity index is 1.51. The Morgan fingerprint density at radius 3 is 2.70 bits per heavy atom. The molecule has 0 radical (unpaired) electrons. The summed E-state index contributed by atoms with van der Waals surface area (Å²) in [7, 11) is 0. The van der Waals surface area contributed by atoms with Crippen molar-refractivity contribution < 1.29 is 13.9 Å². The molecule has 2 aliphatic rings. The second-order valence-electron chi connectivity index (χ2n) is 6.79. The van der Waals surface area contributed by atoms with Crippen LogP contribution in [0.4, 0.5) is 4.39 Å². The maximum absolute atomic E-state index is 13.0. The fraction of sp³-hybridized carbons (Fsp3) is 0.684. The summed E-state index contributed by atoms with van der Waals surface area (Å²) in [5.74, 6) is 0.477. The van der Waals surface area contributed by atoms with Crippen molar-refractivity contribution in [3.63, 3.8) is 0 Å². The third-order valence-electron chi connectivity index (χ3n) is 5.44. The van der Waals surface area contributed by atoms with Crippen molar-refractivity contribution >= 4 is 0 Å². The average molecular weight is 321 g/mol. The molecule has 0 amide bonds. The van der Waals surface area contributed by atoms with Crippen molar-refractivity contribution in [2.75, 3.05) is 32.9 Å². The van der Waals surface area contributed by atoms with Crippen molar-refractivity contribution in [3.8, 4) is 0 Å². The van der Waals surface area contributed by atoms with Gasteiger partial charge in [0.05, 0.1) is 5.60 Å². The fourth-order valence-corrected chi connectivity index (χ4v) is 4.05. The van der Waals surface area contributed by atoms with Gasteiger partial charge < -0.3 is 9.47 Å². The van der Waals surface area contributed by atoms with Gasteiger partial charge in [0.15, 0.2) is 0 Å². The molecule has 1 aromatic rings. The number of rotatable bonds is 6. The van der Waals surface area contributed by atoms with Crippen LogP contribution in [-0.4, -0.2) is 43.4 Å². The molecule has 1 atom stereocenters. The van der Waals surface area contributed by atoms with Crippen molar-refractivity contribution in [2.45, 2.75) is 44.8 Å². The molecule has 0 aromatic heterocycles. The summed E-state index contributed by atoms with van der Waals surface area (Å²) in [6, 6.07) is 6.86. The summed E-state index contributed by atoms with van der Waals surface area (Å²) < 4.78 is 24.7. The molecule has 1 aromatic carbocycles. The Bertz CT molecular complexity index is 483. The smallest absolute Gasteiger partial charge is 0.123 e. The monoisotopic (exact) mass is 321 g/mol. The largest absolute Gasteiger partial charge is 0.382 e. The lowest BCUT2D eigenvalue weighted by atomic mass is 9.78. The third-order valence-corrected chi connectivity index (χ3v) is 5.44. The minimum Gasteiger partial charge on any atom is -0.382 e. The van der Waals surface area contributed by atoms with Crippen molar-refractivity contribution in [1.82, 2.24) is 4.90 Å². The highest BCUT2D eigenvalue weighted by atomic mass is 19.1. The van der Waals surface area contributed by atoms with E-state index >= 15 is 0 Å². The van der Waals surface area contributed by atoms with Gasteiger partial charge in [-0.05, 0) is 56.2 Å². The Kier molecular flexibility index (Phi) is 5.67. The molecule has 0 unspecified atom stereocenters. The summed E-state index contributed by atoms with van der Waals surface area (Å²) >= 11 is 0. The Labute approximate surface area is 138 Å². The first-order valence-electron chi connectivity index (χ1n) is 8.90. The lowest BCUT2D eigenvalue weighted by Crippen LogP contribution is -2.47. The first kappa shape index (κ1) is 16.9. The van der Waals surface area contributed by atoms with E-state index in [1.165, 1.54) is 12.0 Å². The zero-order valence-corrected chi connectivity index (χ0v) is 14.1. The maximum atomic E-state index is 13.0. The van der Waals surface area contributed by atoms with Gasteiger partial charge in [-0.2, -0.15) is 0 Å². The van der Waals surface area contributed by atoms with Gasteiger partial charge in [-0.1, -0.05) is 12.1 Å². The van der Waals surface area contributed by atoms with Gasteiger partial charge in [0.25, 0.3) is 0 Å². The van der Waals surface area contributed by atoms with E-state index in [0.29, 0.717) is 5.92 Å². The topological polar surface area (TPSA) is 21.7 Å². The molecule has 2 aliphatic heterocycles. The normalized spacial score (nSPS) is 24.3. The second kappa shape index (κ2) is 7.73. The number of hydrogen-bond donors (Lipinski definition) is 0. The SMILES string of the molecule is CCOCC[C@H]1CCOC12CCN(Cc1ccc(F)cc1)CC2. The van der Waals surface area contributed by atoms with Crippen LogP contribution in [0.15, 0.2) is 24.3 Å². The van der Waals surface area contributed by atoms with Crippen LogP contribution in [0.5, 0.6) is 0 Å². The summed E-state index contributed by atoms with van der Waals surface area (Å²) in [5, 5.41) is 0. The molecule has 3 rings (SSSR count). The zero-order valence-electron chi connectivity index (χ0n) is 14.1. The summed E-state index contributed by atoms with van der Waals surface area (Å²) in [4.78, 5) is 2.46. The third kappa shape index (κ3) is 4.11. The first-order chi connectivity index (χ1) is 11.2. The minimum absolute atomic E-state index is 0.0798. The highest BCUT2D eigenvalue weighted by molar-refractivity contribution is 5.16. The minimum atomic E-state index is -0.164. The fourth-order valence-electron chi connectivity index (χ4n) is 4.05. The predicted molar refractivity (Wildman–Crippen MR) is 88.8 cm³/mol. The van der Waals surface area contributed by atoms with E-state index in [4.69, 9.17) is 9.47 Å². The van der Waals surface area contributed by atoms with Crippen molar-refractivity contribution in [1.29, 1.82) is 0 Å². The van der Waals surface area contributed by atoms with E-state index in [9.17, 15) is 4.39 Å². The van der Waals surface area contributed by atoms with Crippen LogP contribution in [-0.2, 0) is 16.0 Å². The molecule has 0 saturated carbocycles. The van der Waals surface area contributed by atoms with E-state index in [0.717, 1.165) is 58.7 Å². The highest BCUT2D eigenvalue weighted by Crippen LogP contribution is 2.42. The Morgan fingerprint density at radius 2 is 2.00 bits per heavy atom. The van der Waals surface area contributed by atoms with Gasteiger partial charge in [0, 0.05) is 39.5 Å². The number of hydrogen-bond acceptors (Lipinski definition) is 3. The molecule has 128 valence electrons. The van der Waals surface area contributed by atoms with Crippen molar-refractivity contribution in [2.24, 2.45) is 5.92 Å². The molecule has 1 spiro atoms. The van der Waals surface area contributed by atoms with Gasteiger partial charge in [0.1, 0.15) is 5.82 Å². The lowest BCUT2D eigenvalue weighted by Gasteiger charge is -2.42. The molecule has 0 aliphatic carbocycles. The van der Waals surface area contributed by atoms with E-state index in [1.807, 2.05) is 12.1 Å². The summed E-state index contributed by atoms with van der Waals surface area (Å²) in [6.45, 7) is 7.62. The van der Waals surface area contributed by atoms with Gasteiger partial charge >= 0.3 is 0 Å². The molecule has 23 heavy (non-hydrogen) atoms. The van der Waals surface area contributed by atoms with Crippen molar-refractivity contribution in [3.05, 3.63) is 35.6 Å². The summed E-state index contributed by atoms with van der Waals surface area (Å²) in [5.41, 5.74) is 1.26. The maximum Gasteiger partial charge on any atom is 0.123 e. The molecule has 2 saturated heterocycles. The molecular weight excluding hydrogens is 293 g/mol. The van der Waals surface area contributed by atoms with Crippen LogP contribution >= 0.6 is 0 Å². The number of benzene rings is 1. The van der Waals surface area contributed by atoms with Crippen LogP contribution < -0.4 is 0 Å². The van der Waals surface area contributed by atoms with Gasteiger partial charge in [-0.3, -0.25) is 4.90 Å². The van der Waals surface area contributed by atoms with E-state index in [2.05, 4.69) is 11.8 Å². The van der Waals surface area contributed by atoms with Gasteiger partial charge in [0.2, 0.25) is 0 Å². The van der Waals surface area contributed by atoms with Crippen LogP contribution in [0.25, 0.3) is 0 Å². The number of ether oxygens (including phenoxy) is 2. The predicted octanol–water partition coefficient (Wildman–Crippen LogP) is 3.62. The second-order valence-corrected chi connectivity index (χ2v) is 6.79. The molecule has 0 N–H and O–H groups in total. The highest BCUT2D eigenvalue weighted by Gasteiger charge is 2.45. The quantitative estimate of drug-likeness (QED) is 0.747. The number of piperidine rings is 1. The molecule has 0 bridgehead atoms. The Hall–Kier alpha value is -0.970. The lowest BCUT2D eigenvalue weighted by molar-refractivity contribution is -0.0728. The number of likely N-dealkylation sites (tertiary alicyclic amines) is 1. The molecular formula is C19H28FNO2. The van der Waals surface area contributed by atoms with Crippen LogP contribution in [0.1, 0.15) is 38.2 Å². The van der Waals surface area contributed by atoms with Crippen LogP contribution in [0.2, 0.25) is 0 Å². The molecule has 2 heterocycles. The standard InChI is InChI=1S/C19H28FNO2/c1-2-22-13-7-17-8-14-23-19(17)9-11-21(12-10-19)15-16-3-5-18(20)6-4-16/h3-6,17H,2,7-15H2,1H3/t17-/m0/s1. The zero-order chi connectivity index (χ0) is 16.1. The van der Waals surface area contributed by atoms with E-state index in [-0.39, 0.29) is 11.4 Å². The average Bonchev–Trinajstić information content (AvgIpc) is 2.95. The Morgan fingerprint density at radius 1 is 1.26 bits per heavy atom. The van der Waals surface area contributed by atoms with Crippen LogP contribution in [0, 0.1) is 11.7 Å². The molecule has 4 heteroatoms.